The summed E-state index contributed by atoms with van der Waals surface area (Å²) in [6, 6.07) is 0. The van der Waals surface area contributed by atoms with Crippen LogP contribution in [0.2, 0.25) is 0 Å². The van der Waals surface area contributed by atoms with E-state index in [2.05, 4.69) is 19.6 Å². The number of hydrogen-bond donors (Lipinski definition) is 1. The van der Waals surface area contributed by atoms with Crippen LogP contribution in [0.25, 0.3) is 0 Å². The average Bonchev–Trinajstić information content (AvgIpc) is 2.80. The summed E-state index contributed by atoms with van der Waals surface area (Å²) in [6.07, 6.45) is 6.60. The van der Waals surface area contributed by atoms with Crippen LogP contribution < -0.4 is 0 Å². The van der Waals surface area contributed by atoms with Crippen LogP contribution in [0, 0.1) is 23.7 Å². The second kappa shape index (κ2) is 4.25. The molecule has 0 aromatic heterocycles. The van der Waals surface area contributed by atoms with Crippen molar-refractivity contribution in [3.05, 3.63) is 23.8 Å². The minimum absolute atomic E-state index is 0.446. The lowest BCUT2D eigenvalue weighted by Gasteiger charge is -2.29. The molecule has 2 nitrogen and oxygen atoms in total. The zero-order chi connectivity index (χ0) is 12.0. The fraction of sp³-hybridized carbons (Fsp3) is 0.733. The minimum atomic E-state index is -0.634. The van der Waals surface area contributed by atoms with Gasteiger partial charge in [-0.05, 0) is 55.9 Å². The van der Waals surface area contributed by atoms with E-state index in [1.807, 2.05) is 0 Å². The predicted molar refractivity (Wildman–Crippen MR) is 67.3 cm³/mol. The molecule has 2 heteroatoms. The Hall–Kier alpha value is -0.600. The number of ether oxygens (including phenoxy) is 1. The third kappa shape index (κ3) is 1.78. The van der Waals surface area contributed by atoms with Crippen molar-refractivity contribution in [2.75, 3.05) is 6.61 Å². The van der Waals surface area contributed by atoms with Gasteiger partial charge in [-0.2, -0.15) is 0 Å². The van der Waals surface area contributed by atoms with Crippen molar-refractivity contribution in [2.24, 2.45) is 23.7 Å². The second-order valence-corrected chi connectivity index (χ2v) is 5.94. The van der Waals surface area contributed by atoms with Crippen LogP contribution in [0.3, 0.4) is 0 Å². The molecule has 0 unspecified atom stereocenters. The molecule has 0 spiro atoms. The number of aliphatic hydroxyl groups is 1. The zero-order valence-electron chi connectivity index (χ0n) is 10.6. The summed E-state index contributed by atoms with van der Waals surface area (Å²) in [7, 11) is 0. The molecular weight excluding hydrogens is 212 g/mol. The van der Waals surface area contributed by atoms with E-state index in [1.165, 1.54) is 24.8 Å². The van der Waals surface area contributed by atoms with Gasteiger partial charge in [-0.25, -0.2) is 0 Å². The molecule has 1 N–H and O–H groups in total. The van der Waals surface area contributed by atoms with Crippen molar-refractivity contribution in [1.82, 2.24) is 0 Å². The summed E-state index contributed by atoms with van der Waals surface area (Å²) < 4.78 is 5.45. The lowest BCUT2D eigenvalue weighted by atomic mass is 9.75. The third-order valence-corrected chi connectivity index (χ3v) is 5.02. The summed E-state index contributed by atoms with van der Waals surface area (Å²) in [5.74, 6) is 2.56. The van der Waals surface area contributed by atoms with Crippen LogP contribution >= 0.6 is 0 Å². The van der Waals surface area contributed by atoms with E-state index >= 15 is 0 Å². The highest BCUT2D eigenvalue weighted by Crippen LogP contribution is 2.52. The van der Waals surface area contributed by atoms with Gasteiger partial charge in [-0.1, -0.05) is 18.2 Å². The van der Waals surface area contributed by atoms with E-state index in [4.69, 9.17) is 4.74 Å². The van der Waals surface area contributed by atoms with Gasteiger partial charge in [-0.3, -0.25) is 0 Å². The number of hydrogen-bond acceptors (Lipinski definition) is 2. The Balaban J connectivity index is 1.92. The topological polar surface area (TPSA) is 29.5 Å². The maximum atomic E-state index is 9.88. The number of fused-ring (bicyclic) bond motifs is 3. The molecule has 0 aromatic rings. The maximum absolute atomic E-state index is 9.88. The first kappa shape index (κ1) is 11.5. The average molecular weight is 234 g/mol. The molecule has 2 fully saturated rings. The van der Waals surface area contributed by atoms with E-state index in [0.29, 0.717) is 24.4 Å². The van der Waals surface area contributed by atoms with Gasteiger partial charge < -0.3 is 9.84 Å². The maximum Gasteiger partial charge on any atom is 0.177 e. The lowest BCUT2D eigenvalue weighted by Crippen LogP contribution is -2.26. The van der Waals surface area contributed by atoms with E-state index < -0.39 is 6.29 Å². The Kier molecular flexibility index (Phi) is 2.87. The molecule has 0 aromatic carbocycles. The van der Waals surface area contributed by atoms with Crippen molar-refractivity contribution in [3.8, 4) is 0 Å². The predicted octanol–water partition coefficient (Wildman–Crippen LogP) is 2.89. The molecule has 17 heavy (non-hydrogen) atoms. The summed E-state index contributed by atoms with van der Waals surface area (Å²) >= 11 is 0. The van der Waals surface area contributed by atoms with Crippen LogP contribution in [0.15, 0.2) is 23.8 Å². The Morgan fingerprint density at radius 2 is 2.24 bits per heavy atom. The largest absolute Gasteiger partial charge is 0.364 e. The summed E-state index contributed by atoms with van der Waals surface area (Å²) in [4.78, 5) is 0. The summed E-state index contributed by atoms with van der Waals surface area (Å²) in [5, 5.41) is 9.88. The first-order chi connectivity index (χ1) is 8.18. The smallest absolute Gasteiger partial charge is 0.177 e. The lowest BCUT2D eigenvalue weighted by molar-refractivity contribution is -0.0432. The molecule has 1 aliphatic heterocycles. The van der Waals surface area contributed by atoms with Crippen molar-refractivity contribution >= 4 is 0 Å². The van der Waals surface area contributed by atoms with Crippen LogP contribution in [-0.2, 0) is 4.74 Å². The van der Waals surface area contributed by atoms with Gasteiger partial charge in [0.25, 0.3) is 0 Å². The van der Waals surface area contributed by atoms with Gasteiger partial charge in [0.05, 0.1) is 6.61 Å². The fourth-order valence-corrected chi connectivity index (χ4v) is 4.25. The summed E-state index contributed by atoms with van der Waals surface area (Å²) in [5.41, 5.74) is 2.48. The van der Waals surface area contributed by atoms with Gasteiger partial charge in [0.2, 0.25) is 0 Å². The van der Waals surface area contributed by atoms with E-state index in [1.54, 1.807) is 0 Å². The fourth-order valence-electron chi connectivity index (χ4n) is 4.25. The number of allylic oxidation sites excluding steroid dienone is 2. The number of rotatable bonds is 1. The van der Waals surface area contributed by atoms with Gasteiger partial charge in [0.15, 0.2) is 6.29 Å². The molecule has 0 amide bonds. The first-order valence-electron chi connectivity index (χ1n) is 6.83. The van der Waals surface area contributed by atoms with Crippen molar-refractivity contribution in [2.45, 2.75) is 38.9 Å². The van der Waals surface area contributed by atoms with E-state index in [9.17, 15) is 5.11 Å². The Labute approximate surface area is 103 Å². The quantitative estimate of drug-likeness (QED) is 0.707. The highest BCUT2D eigenvalue weighted by Gasteiger charge is 2.46. The van der Waals surface area contributed by atoms with E-state index in [0.717, 1.165) is 17.9 Å². The molecule has 0 bridgehead atoms. The molecule has 1 saturated carbocycles. The minimum Gasteiger partial charge on any atom is -0.364 e. The monoisotopic (exact) mass is 234 g/mol. The van der Waals surface area contributed by atoms with Crippen LogP contribution in [0.1, 0.15) is 32.6 Å². The van der Waals surface area contributed by atoms with Gasteiger partial charge in [0, 0.05) is 5.92 Å². The zero-order valence-corrected chi connectivity index (χ0v) is 10.6. The Morgan fingerprint density at radius 3 is 3.00 bits per heavy atom. The summed E-state index contributed by atoms with van der Waals surface area (Å²) in [6.45, 7) is 7.04. The molecular formula is C15H22O2. The Bertz CT molecular complexity index is 358. The number of aliphatic hydroxyl groups excluding tert-OH is 1. The normalized spacial score (nSPS) is 44.8. The highest BCUT2D eigenvalue weighted by atomic mass is 16.6. The standard InChI is InChI=1S/C15H22O2/c1-9(2)11-7-6-10-4-3-5-12-13(14(10)11)8-17-15(12)16/h5,10-11,13-16H,1,3-4,6-8H2,2H3/t10-,11+,13-,14+,15+/m0/s1. The molecule has 1 heterocycles. The van der Waals surface area contributed by atoms with Gasteiger partial charge in [-0.15, -0.1) is 0 Å². The van der Waals surface area contributed by atoms with Gasteiger partial charge >= 0.3 is 0 Å². The SMILES string of the molecule is C=C(C)[C@H]1CC[C@@H]2CCC=C3[C@H](O)OC[C@@H]3[C@H]21. The third-order valence-electron chi connectivity index (χ3n) is 5.02. The molecule has 5 atom stereocenters. The van der Waals surface area contributed by atoms with Crippen LogP contribution in [0.4, 0.5) is 0 Å². The molecule has 3 rings (SSSR count). The first-order valence-corrected chi connectivity index (χ1v) is 6.83. The van der Waals surface area contributed by atoms with E-state index in [-0.39, 0.29) is 0 Å². The molecule has 0 radical (unpaired) electrons. The molecule has 2 aliphatic carbocycles. The van der Waals surface area contributed by atoms with Crippen LogP contribution in [0.5, 0.6) is 0 Å². The highest BCUT2D eigenvalue weighted by molar-refractivity contribution is 5.21. The molecule has 1 saturated heterocycles. The van der Waals surface area contributed by atoms with Gasteiger partial charge in [0.1, 0.15) is 0 Å². The van der Waals surface area contributed by atoms with Crippen molar-refractivity contribution in [1.29, 1.82) is 0 Å². The van der Waals surface area contributed by atoms with Crippen molar-refractivity contribution < 1.29 is 9.84 Å². The molecule has 3 aliphatic rings. The second-order valence-electron chi connectivity index (χ2n) is 5.94. The van der Waals surface area contributed by atoms with Crippen molar-refractivity contribution in [3.63, 3.8) is 0 Å². The Morgan fingerprint density at radius 1 is 1.41 bits per heavy atom. The molecule has 94 valence electrons. The van der Waals surface area contributed by atoms with Crippen LogP contribution in [-0.4, -0.2) is 18.0 Å².